The molecule has 1 aliphatic heterocycles. The molecule has 2 aromatic rings. The summed E-state index contributed by atoms with van der Waals surface area (Å²) in [5, 5.41) is 10.6. The van der Waals surface area contributed by atoms with Crippen molar-refractivity contribution in [1.82, 2.24) is 15.1 Å². The van der Waals surface area contributed by atoms with Crippen molar-refractivity contribution in [3.05, 3.63) is 30.0 Å². The van der Waals surface area contributed by atoms with Gasteiger partial charge in [0.05, 0.1) is 34.1 Å². The first kappa shape index (κ1) is 22.8. The molecule has 1 saturated heterocycles. The molecule has 1 amide bonds. The van der Waals surface area contributed by atoms with Crippen LogP contribution in [0.4, 0.5) is 5.82 Å². The molecule has 2 N–H and O–H groups in total. The molecule has 160 valence electrons. The van der Waals surface area contributed by atoms with Gasteiger partial charge in [0, 0.05) is 18.1 Å². The van der Waals surface area contributed by atoms with Gasteiger partial charge < -0.3 is 24.8 Å². The Kier molecular flexibility index (Phi) is 8.60. The third kappa shape index (κ3) is 5.55. The third-order valence-electron chi connectivity index (χ3n) is 5.03. The Morgan fingerprint density at radius 2 is 2.00 bits per heavy atom. The van der Waals surface area contributed by atoms with Gasteiger partial charge in [0.15, 0.2) is 11.5 Å². The summed E-state index contributed by atoms with van der Waals surface area (Å²) in [6.45, 7) is 2.48. The van der Waals surface area contributed by atoms with E-state index in [1.54, 1.807) is 38.3 Å². The molecule has 1 aliphatic rings. The molecule has 3 rings (SSSR count). The highest BCUT2D eigenvalue weighted by Gasteiger charge is 2.19. The summed E-state index contributed by atoms with van der Waals surface area (Å²) >= 11 is 0. The van der Waals surface area contributed by atoms with Gasteiger partial charge in [0.1, 0.15) is 5.82 Å². The number of nitrogens with one attached hydrogen (secondary N) is 2. The number of ether oxygens (including phenoxy) is 3. The highest BCUT2D eigenvalue weighted by Crippen LogP contribution is 2.40. The van der Waals surface area contributed by atoms with E-state index in [0.29, 0.717) is 41.9 Å². The van der Waals surface area contributed by atoms with Crippen molar-refractivity contribution in [3.63, 3.8) is 0 Å². The van der Waals surface area contributed by atoms with Crippen molar-refractivity contribution in [2.45, 2.75) is 25.8 Å². The zero-order chi connectivity index (χ0) is 19.9. The maximum absolute atomic E-state index is 12.3. The van der Waals surface area contributed by atoms with Crippen LogP contribution in [0, 0.1) is 5.92 Å². The van der Waals surface area contributed by atoms with E-state index in [1.165, 1.54) is 0 Å². The SMILES string of the molecule is COc1ccc(Cn2nccc2NC(=O)CCC2CCNC2)c(OC)c1OC.Cl. The lowest BCUT2D eigenvalue weighted by Crippen LogP contribution is -2.18. The van der Waals surface area contributed by atoms with E-state index in [9.17, 15) is 4.79 Å². The largest absolute Gasteiger partial charge is 0.493 e. The fraction of sp³-hybridized carbons (Fsp3) is 0.500. The Morgan fingerprint density at radius 1 is 1.21 bits per heavy atom. The van der Waals surface area contributed by atoms with Gasteiger partial charge in [-0.05, 0) is 44.0 Å². The van der Waals surface area contributed by atoms with Crippen LogP contribution in [0.25, 0.3) is 0 Å². The first-order valence-corrected chi connectivity index (χ1v) is 9.46. The molecule has 1 aromatic carbocycles. The van der Waals surface area contributed by atoms with Crippen molar-refractivity contribution >= 4 is 24.1 Å². The van der Waals surface area contributed by atoms with Crippen LogP contribution in [-0.2, 0) is 11.3 Å². The number of halogens is 1. The second-order valence-corrected chi connectivity index (χ2v) is 6.81. The van der Waals surface area contributed by atoms with Crippen LogP contribution in [0.15, 0.2) is 24.4 Å². The number of carbonyl (C=O) groups excluding carboxylic acids is 1. The minimum atomic E-state index is 0. The summed E-state index contributed by atoms with van der Waals surface area (Å²) in [6.07, 6.45) is 4.22. The second kappa shape index (κ2) is 10.9. The summed E-state index contributed by atoms with van der Waals surface area (Å²) in [7, 11) is 4.74. The Bertz CT molecular complexity index is 806. The van der Waals surface area contributed by atoms with E-state index in [-0.39, 0.29) is 18.3 Å². The van der Waals surface area contributed by atoms with Gasteiger partial charge in [-0.3, -0.25) is 4.79 Å². The molecule has 9 heteroatoms. The van der Waals surface area contributed by atoms with Crippen LogP contribution < -0.4 is 24.8 Å². The molecule has 0 bridgehead atoms. The van der Waals surface area contributed by atoms with Gasteiger partial charge in [0.25, 0.3) is 0 Å². The van der Waals surface area contributed by atoms with Crippen molar-refractivity contribution in [2.24, 2.45) is 5.92 Å². The summed E-state index contributed by atoms with van der Waals surface area (Å²) in [4.78, 5) is 12.3. The molecule has 0 aliphatic carbocycles. The fourth-order valence-corrected chi connectivity index (χ4v) is 3.52. The fourth-order valence-electron chi connectivity index (χ4n) is 3.52. The zero-order valence-corrected chi connectivity index (χ0v) is 17.9. The lowest BCUT2D eigenvalue weighted by atomic mass is 10.0. The quantitative estimate of drug-likeness (QED) is 0.643. The summed E-state index contributed by atoms with van der Waals surface area (Å²) in [5.41, 5.74) is 0.872. The van der Waals surface area contributed by atoms with Gasteiger partial charge in [-0.15, -0.1) is 12.4 Å². The first-order chi connectivity index (χ1) is 13.7. The number of aromatic nitrogens is 2. The van der Waals surface area contributed by atoms with Crippen LogP contribution in [-0.4, -0.2) is 50.1 Å². The Labute approximate surface area is 177 Å². The predicted octanol–water partition coefficient (Wildman–Crippen LogP) is 2.71. The first-order valence-electron chi connectivity index (χ1n) is 9.46. The number of benzene rings is 1. The highest BCUT2D eigenvalue weighted by atomic mass is 35.5. The molecule has 8 nitrogen and oxygen atoms in total. The van der Waals surface area contributed by atoms with E-state index < -0.39 is 0 Å². The summed E-state index contributed by atoms with van der Waals surface area (Å²) < 4.78 is 18.0. The Balaban J connectivity index is 0.00000300. The van der Waals surface area contributed by atoms with Gasteiger partial charge in [-0.1, -0.05) is 0 Å². The number of carbonyl (C=O) groups is 1. The van der Waals surface area contributed by atoms with E-state index in [2.05, 4.69) is 15.7 Å². The zero-order valence-electron chi connectivity index (χ0n) is 17.1. The molecule has 1 fully saturated rings. The average molecular weight is 425 g/mol. The number of rotatable bonds is 9. The monoisotopic (exact) mass is 424 g/mol. The number of hydrogen-bond donors (Lipinski definition) is 2. The summed E-state index contributed by atoms with van der Waals surface area (Å²) in [5.74, 6) is 2.97. The summed E-state index contributed by atoms with van der Waals surface area (Å²) in [6, 6.07) is 5.52. The molecule has 29 heavy (non-hydrogen) atoms. The molecule has 0 saturated carbocycles. The molecular weight excluding hydrogens is 396 g/mol. The number of anilines is 1. The van der Waals surface area contributed by atoms with Crippen LogP contribution in [0.2, 0.25) is 0 Å². The van der Waals surface area contributed by atoms with Crippen LogP contribution in [0.3, 0.4) is 0 Å². The molecule has 0 radical (unpaired) electrons. The number of methoxy groups -OCH3 is 3. The molecule has 0 spiro atoms. The Morgan fingerprint density at radius 3 is 2.66 bits per heavy atom. The van der Waals surface area contributed by atoms with E-state index in [4.69, 9.17) is 14.2 Å². The molecule has 1 unspecified atom stereocenters. The predicted molar refractivity (Wildman–Crippen MR) is 114 cm³/mol. The van der Waals surface area contributed by atoms with Gasteiger partial charge >= 0.3 is 0 Å². The minimum Gasteiger partial charge on any atom is -0.493 e. The normalized spacial score (nSPS) is 15.5. The number of hydrogen-bond acceptors (Lipinski definition) is 6. The van der Waals surface area contributed by atoms with Crippen LogP contribution in [0.5, 0.6) is 17.2 Å². The maximum Gasteiger partial charge on any atom is 0.225 e. The van der Waals surface area contributed by atoms with Gasteiger partial charge in [0.2, 0.25) is 11.7 Å². The third-order valence-corrected chi connectivity index (χ3v) is 5.03. The second-order valence-electron chi connectivity index (χ2n) is 6.81. The van der Waals surface area contributed by atoms with E-state index in [0.717, 1.165) is 31.5 Å². The number of amides is 1. The standard InChI is InChI=1S/C20H28N4O4.ClH/c1-26-16-6-5-15(19(27-2)20(16)28-3)13-24-17(9-11-22-24)23-18(25)7-4-14-8-10-21-12-14;/h5-6,9,11,14,21H,4,7-8,10,12-13H2,1-3H3,(H,23,25);1H. The minimum absolute atomic E-state index is 0. The van der Waals surface area contributed by atoms with Crippen molar-refractivity contribution < 1.29 is 19.0 Å². The average Bonchev–Trinajstić information content (AvgIpc) is 3.38. The molecule has 1 atom stereocenters. The maximum atomic E-state index is 12.3. The molecule has 2 heterocycles. The van der Waals surface area contributed by atoms with Gasteiger partial charge in [-0.25, -0.2) is 4.68 Å². The van der Waals surface area contributed by atoms with Crippen molar-refractivity contribution in [3.8, 4) is 17.2 Å². The lowest BCUT2D eigenvalue weighted by molar-refractivity contribution is -0.116. The van der Waals surface area contributed by atoms with Crippen molar-refractivity contribution in [2.75, 3.05) is 39.7 Å². The van der Waals surface area contributed by atoms with Crippen LogP contribution in [0.1, 0.15) is 24.8 Å². The van der Waals surface area contributed by atoms with Crippen molar-refractivity contribution in [1.29, 1.82) is 0 Å². The topological polar surface area (TPSA) is 86.6 Å². The highest BCUT2D eigenvalue weighted by molar-refractivity contribution is 5.89. The number of nitrogens with zero attached hydrogens (tertiary/aromatic N) is 2. The smallest absolute Gasteiger partial charge is 0.225 e. The lowest BCUT2D eigenvalue weighted by Gasteiger charge is -2.16. The van der Waals surface area contributed by atoms with E-state index >= 15 is 0 Å². The molecular formula is C20H29ClN4O4. The molecule has 1 aromatic heterocycles. The Hall–Kier alpha value is -2.45. The van der Waals surface area contributed by atoms with Crippen LogP contribution >= 0.6 is 12.4 Å². The van der Waals surface area contributed by atoms with E-state index in [1.807, 2.05) is 12.1 Å². The van der Waals surface area contributed by atoms with Gasteiger partial charge in [-0.2, -0.15) is 5.10 Å².